The molecule has 1 heterocycles. The first-order valence-electron chi connectivity index (χ1n) is 6.91. The number of rotatable bonds is 9. The summed E-state index contributed by atoms with van der Waals surface area (Å²) in [4.78, 5) is 12.2. The Balaban J connectivity index is 1.87. The largest absolute Gasteiger partial charge is 0.383 e. The van der Waals surface area contributed by atoms with Crippen molar-refractivity contribution in [2.45, 2.75) is 19.4 Å². The number of methoxy groups -OCH3 is 1. The topological polar surface area (TPSA) is 68.2 Å². The number of hydrogen-bond acceptors (Lipinski definition) is 5. The Bertz CT molecular complexity index is 488. The molecule has 1 saturated carbocycles. The molecule has 0 saturated heterocycles. The van der Waals surface area contributed by atoms with Crippen LogP contribution in [0.15, 0.2) is 11.0 Å². The molecule has 2 N–H and O–H groups in total. The van der Waals surface area contributed by atoms with Crippen molar-refractivity contribution < 1.29 is 4.74 Å². The van der Waals surface area contributed by atoms with Crippen LogP contribution in [0.1, 0.15) is 12.8 Å². The standard InChI is InChI=1S/C13H21ClN4O2/c1-20-7-6-15-4-5-16-12-11(14)8-17-18(13(12)19)9-10-2-3-10/h8,10,15-16H,2-7,9H2,1H3. The number of ether oxygens (including phenoxy) is 1. The van der Waals surface area contributed by atoms with E-state index in [0.29, 0.717) is 36.3 Å². The highest BCUT2D eigenvalue weighted by atomic mass is 35.5. The van der Waals surface area contributed by atoms with Crippen molar-refractivity contribution in [2.75, 3.05) is 38.7 Å². The van der Waals surface area contributed by atoms with Crippen LogP contribution >= 0.6 is 11.6 Å². The number of nitrogens with one attached hydrogen (secondary N) is 2. The van der Waals surface area contributed by atoms with E-state index in [1.165, 1.54) is 23.7 Å². The molecule has 2 rings (SSSR count). The molecule has 1 aliphatic carbocycles. The van der Waals surface area contributed by atoms with Crippen LogP contribution < -0.4 is 16.2 Å². The summed E-state index contributed by atoms with van der Waals surface area (Å²) >= 11 is 6.04. The summed E-state index contributed by atoms with van der Waals surface area (Å²) in [5.41, 5.74) is 0.303. The zero-order chi connectivity index (χ0) is 14.4. The van der Waals surface area contributed by atoms with Gasteiger partial charge in [0, 0.05) is 33.3 Å². The second kappa shape index (κ2) is 7.61. The van der Waals surface area contributed by atoms with Crippen molar-refractivity contribution in [3.05, 3.63) is 21.6 Å². The van der Waals surface area contributed by atoms with Crippen LogP contribution in [0.4, 0.5) is 5.69 Å². The van der Waals surface area contributed by atoms with E-state index in [-0.39, 0.29) is 5.56 Å². The lowest BCUT2D eigenvalue weighted by Crippen LogP contribution is -2.30. The molecule has 112 valence electrons. The van der Waals surface area contributed by atoms with E-state index in [4.69, 9.17) is 16.3 Å². The summed E-state index contributed by atoms with van der Waals surface area (Å²) < 4.78 is 6.44. The van der Waals surface area contributed by atoms with E-state index < -0.39 is 0 Å². The first-order valence-corrected chi connectivity index (χ1v) is 7.29. The summed E-state index contributed by atoms with van der Waals surface area (Å²) in [7, 11) is 1.67. The van der Waals surface area contributed by atoms with E-state index in [2.05, 4.69) is 15.7 Å². The van der Waals surface area contributed by atoms with Crippen molar-refractivity contribution in [1.29, 1.82) is 0 Å². The molecule has 0 aliphatic heterocycles. The van der Waals surface area contributed by atoms with Gasteiger partial charge >= 0.3 is 0 Å². The van der Waals surface area contributed by atoms with Crippen molar-refractivity contribution in [2.24, 2.45) is 5.92 Å². The summed E-state index contributed by atoms with van der Waals surface area (Å²) in [6, 6.07) is 0. The molecule has 0 amide bonds. The predicted molar refractivity (Wildman–Crippen MR) is 79.5 cm³/mol. The zero-order valence-corrected chi connectivity index (χ0v) is 12.4. The number of anilines is 1. The molecule has 0 radical (unpaired) electrons. The van der Waals surface area contributed by atoms with Crippen molar-refractivity contribution in [3.8, 4) is 0 Å². The van der Waals surface area contributed by atoms with Crippen LogP contribution in [-0.2, 0) is 11.3 Å². The van der Waals surface area contributed by atoms with Crippen LogP contribution in [0.2, 0.25) is 5.02 Å². The normalized spacial score (nSPS) is 14.5. The van der Waals surface area contributed by atoms with Crippen LogP contribution in [0, 0.1) is 5.92 Å². The minimum Gasteiger partial charge on any atom is -0.383 e. The van der Waals surface area contributed by atoms with E-state index >= 15 is 0 Å². The molecule has 1 fully saturated rings. The van der Waals surface area contributed by atoms with Gasteiger partial charge in [-0.2, -0.15) is 5.10 Å². The van der Waals surface area contributed by atoms with Gasteiger partial charge in [0.15, 0.2) is 0 Å². The lowest BCUT2D eigenvalue weighted by molar-refractivity contribution is 0.200. The third-order valence-corrected chi connectivity index (χ3v) is 3.50. The fraction of sp³-hybridized carbons (Fsp3) is 0.692. The second-order valence-corrected chi connectivity index (χ2v) is 5.37. The summed E-state index contributed by atoms with van der Waals surface area (Å²) in [5, 5.41) is 10.7. The molecule has 7 heteroatoms. The maximum Gasteiger partial charge on any atom is 0.291 e. The highest BCUT2D eigenvalue weighted by molar-refractivity contribution is 6.32. The van der Waals surface area contributed by atoms with Crippen LogP contribution in [-0.4, -0.2) is 43.1 Å². The maximum absolute atomic E-state index is 12.2. The van der Waals surface area contributed by atoms with Gasteiger partial charge in [-0.15, -0.1) is 0 Å². The number of hydrogen-bond donors (Lipinski definition) is 2. The Kier molecular flexibility index (Phi) is 5.82. The number of halogens is 1. The lowest BCUT2D eigenvalue weighted by Gasteiger charge is -2.11. The van der Waals surface area contributed by atoms with E-state index in [1.807, 2.05) is 0 Å². The van der Waals surface area contributed by atoms with Gasteiger partial charge in [-0.25, -0.2) is 4.68 Å². The summed E-state index contributed by atoms with van der Waals surface area (Å²) in [6.45, 7) is 3.52. The average Bonchev–Trinajstić information content (AvgIpc) is 3.24. The minimum atomic E-state index is -0.138. The van der Waals surface area contributed by atoms with E-state index in [0.717, 1.165) is 13.1 Å². The molecule has 0 spiro atoms. The molecule has 0 unspecified atom stereocenters. The summed E-state index contributed by atoms with van der Waals surface area (Å²) in [6.07, 6.45) is 3.90. The highest BCUT2D eigenvalue weighted by Gasteiger charge is 2.23. The van der Waals surface area contributed by atoms with Crippen molar-refractivity contribution >= 4 is 17.3 Å². The van der Waals surface area contributed by atoms with Gasteiger partial charge in [0.05, 0.1) is 17.8 Å². The Morgan fingerprint density at radius 3 is 2.95 bits per heavy atom. The predicted octanol–water partition coefficient (Wildman–Crippen LogP) is 0.955. The molecule has 1 aromatic rings. The molecule has 0 atom stereocenters. The molecule has 6 nitrogen and oxygen atoms in total. The average molecular weight is 301 g/mol. The second-order valence-electron chi connectivity index (χ2n) is 4.97. The molecule has 1 aromatic heterocycles. The Labute approximate surface area is 123 Å². The van der Waals surface area contributed by atoms with Crippen molar-refractivity contribution in [1.82, 2.24) is 15.1 Å². The van der Waals surface area contributed by atoms with Gasteiger partial charge in [0.2, 0.25) is 0 Å². The fourth-order valence-electron chi connectivity index (χ4n) is 1.88. The Hall–Kier alpha value is -1.11. The molecule has 20 heavy (non-hydrogen) atoms. The quantitative estimate of drug-likeness (QED) is 0.665. The van der Waals surface area contributed by atoms with E-state index in [9.17, 15) is 4.79 Å². The Morgan fingerprint density at radius 2 is 2.25 bits per heavy atom. The van der Waals surface area contributed by atoms with Gasteiger partial charge < -0.3 is 15.4 Å². The number of nitrogens with zero attached hydrogens (tertiary/aromatic N) is 2. The van der Waals surface area contributed by atoms with Crippen molar-refractivity contribution in [3.63, 3.8) is 0 Å². The third kappa shape index (κ3) is 4.47. The Morgan fingerprint density at radius 1 is 1.45 bits per heavy atom. The molecule has 0 aromatic carbocycles. The molecule has 0 bridgehead atoms. The maximum atomic E-state index is 12.2. The number of aromatic nitrogens is 2. The van der Waals surface area contributed by atoms with Crippen LogP contribution in [0.25, 0.3) is 0 Å². The smallest absolute Gasteiger partial charge is 0.291 e. The van der Waals surface area contributed by atoms with Gasteiger partial charge in [-0.3, -0.25) is 4.79 Å². The van der Waals surface area contributed by atoms with E-state index in [1.54, 1.807) is 7.11 Å². The lowest BCUT2D eigenvalue weighted by atomic mass is 10.4. The first-order chi connectivity index (χ1) is 9.72. The molecular formula is C13H21ClN4O2. The van der Waals surface area contributed by atoms with Crippen LogP contribution in [0.3, 0.4) is 0 Å². The SMILES string of the molecule is COCCNCCNc1c(Cl)cnn(CC2CC2)c1=O. The molecular weight excluding hydrogens is 280 g/mol. The monoisotopic (exact) mass is 300 g/mol. The zero-order valence-electron chi connectivity index (χ0n) is 11.7. The minimum absolute atomic E-state index is 0.138. The summed E-state index contributed by atoms with van der Waals surface area (Å²) in [5.74, 6) is 0.602. The van der Waals surface area contributed by atoms with Gasteiger partial charge in [-0.1, -0.05) is 11.6 Å². The fourth-order valence-corrected chi connectivity index (χ4v) is 2.07. The third-order valence-electron chi connectivity index (χ3n) is 3.21. The van der Waals surface area contributed by atoms with Gasteiger partial charge in [0.25, 0.3) is 5.56 Å². The van der Waals surface area contributed by atoms with Crippen LogP contribution in [0.5, 0.6) is 0 Å². The highest BCUT2D eigenvalue weighted by Crippen LogP contribution is 2.30. The van der Waals surface area contributed by atoms with Gasteiger partial charge in [0.1, 0.15) is 5.69 Å². The van der Waals surface area contributed by atoms with Gasteiger partial charge in [-0.05, 0) is 18.8 Å². The molecule has 1 aliphatic rings. The first kappa shape index (κ1) is 15.3.